The summed E-state index contributed by atoms with van der Waals surface area (Å²) >= 11 is 0. The monoisotopic (exact) mass is 332 g/mol. The number of nitrogens with one attached hydrogen (secondary N) is 2. The van der Waals surface area contributed by atoms with Gasteiger partial charge in [-0.15, -0.1) is 0 Å². The van der Waals surface area contributed by atoms with Crippen LogP contribution in [-0.2, 0) is 9.59 Å². The summed E-state index contributed by atoms with van der Waals surface area (Å²) in [4.78, 5) is 21.9. The highest BCUT2D eigenvalue weighted by molar-refractivity contribution is 5.83. The molecule has 2 N–H and O–H groups in total. The van der Waals surface area contributed by atoms with Crippen molar-refractivity contribution in [1.82, 2.24) is 10.6 Å². The average molecular weight is 332 g/mol. The molecule has 0 aromatic heterocycles. The Hall–Kier alpha value is -1.74. The van der Waals surface area contributed by atoms with Crippen LogP contribution < -0.4 is 10.6 Å². The van der Waals surface area contributed by atoms with Crippen molar-refractivity contribution in [2.45, 2.75) is 50.1 Å². The first kappa shape index (κ1) is 18.3. The summed E-state index contributed by atoms with van der Waals surface area (Å²) in [5.41, 5.74) is 0. The van der Waals surface area contributed by atoms with Crippen LogP contribution >= 0.6 is 0 Å². The highest BCUT2D eigenvalue weighted by Crippen LogP contribution is 2.20. The molecule has 22 heavy (non-hydrogen) atoms. The molecule has 0 aliphatic heterocycles. The lowest BCUT2D eigenvalue weighted by Gasteiger charge is -2.28. The fourth-order valence-corrected chi connectivity index (χ4v) is 1.98. The zero-order chi connectivity index (χ0) is 17.0. The Morgan fingerprint density at radius 3 is 2.00 bits per heavy atom. The van der Waals surface area contributed by atoms with E-state index >= 15 is 0 Å². The predicted molar refractivity (Wildman–Crippen MR) is 63.6 cm³/mol. The van der Waals surface area contributed by atoms with E-state index in [1.807, 2.05) is 0 Å². The predicted octanol–water partition coefficient (Wildman–Crippen LogP) is 2.21. The molecular weight excluding hydrogens is 318 g/mol. The van der Waals surface area contributed by atoms with E-state index in [9.17, 15) is 35.9 Å². The summed E-state index contributed by atoms with van der Waals surface area (Å²) in [6.07, 6.45) is -6.09. The minimum absolute atomic E-state index is 0.0228. The maximum atomic E-state index is 12.3. The molecule has 2 unspecified atom stereocenters. The molecule has 0 heterocycles. The van der Waals surface area contributed by atoms with E-state index in [0.29, 0.717) is 19.3 Å². The first-order valence-corrected chi connectivity index (χ1v) is 6.44. The molecule has 0 aromatic rings. The lowest BCUT2D eigenvalue weighted by Crippen LogP contribution is -2.55. The van der Waals surface area contributed by atoms with E-state index in [4.69, 9.17) is 0 Å². The molecule has 10 heteroatoms. The molecule has 0 fully saturated rings. The van der Waals surface area contributed by atoms with E-state index in [2.05, 4.69) is 0 Å². The first-order valence-electron chi connectivity index (χ1n) is 6.44. The molecule has 126 valence electrons. The van der Waals surface area contributed by atoms with Crippen molar-refractivity contribution in [2.24, 2.45) is 0 Å². The van der Waals surface area contributed by atoms with Gasteiger partial charge in [0.2, 0.25) is 0 Å². The summed E-state index contributed by atoms with van der Waals surface area (Å²) in [6.45, 7) is 0. The SMILES string of the molecule is O=C(NC1C=CCCCCC1NC(=O)C(F)(F)F)C(F)(F)F. The average Bonchev–Trinajstić information content (AvgIpc) is 2.34. The van der Waals surface area contributed by atoms with Crippen molar-refractivity contribution in [1.29, 1.82) is 0 Å². The van der Waals surface area contributed by atoms with E-state index < -0.39 is 36.3 Å². The van der Waals surface area contributed by atoms with Gasteiger partial charge in [0.25, 0.3) is 0 Å². The minimum Gasteiger partial charge on any atom is -0.343 e. The van der Waals surface area contributed by atoms with Gasteiger partial charge in [-0.1, -0.05) is 18.6 Å². The van der Waals surface area contributed by atoms with Crippen LogP contribution in [0, 0.1) is 0 Å². The molecule has 0 saturated carbocycles. The van der Waals surface area contributed by atoms with Crippen molar-refractivity contribution in [3.63, 3.8) is 0 Å². The van der Waals surface area contributed by atoms with Crippen LogP contribution in [0.3, 0.4) is 0 Å². The van der Waals surface area contributed by atoms with Crippen LogP contribution in [0.1, 0.15) is 25.7 Å². The zero-order valence-corrected chi connectivity index (χ0v) is 11.2. The summed E-state index contributed by atoms with van der Waals surface area (Å²) in [5.74, 6) is -4.52. The Labute approximate surface area is 121 Å². The third-order valence-electron chi connectivity index (χ3n) is 3.04. The molecular formula is C12H14F6N2O2. The van der Waals surface area contributed by atoms with E-state index in [1.54, 1.807) is 10.6 Å². The maximum Gasteiger partial charge on any atom is 0.471 e. The highest BCUT2D eigenvalue weighted by Gasteiger charge is 2.43. The largest absolute Gasteiger partial charge is 0.471 e. The second kappa shape index (κ2) is 7.01. The fourth-order valence-electron chi connectivity index (χ4n) is 1.98. The summed E-state index contributed by atoms with van der Waals surface area (Å²) in [6, 6.07) is -2.63. The van der Waals surface area contributed by atoms with Gasteiger partial charge in [-0.3, -0.25) is 9.59 Å². The molecule has 1 aliphatic rings. The van der Waals surface area contributed by atoms with Crippen LogP contribution in [0.25, 0.3) is 0 Å². The Morgan fingerprint density at radius 1 is 0.909 bits per heavy atom. The molecule has 2 amide bonds. The first-order chi connectivity index (χ1) is 10.0. The molecule has 4 nitrogen and oxygen atoms in total. The number of rotatable bonds is 2. The third kappa shape index (κ3) is 5.57. The molecule has 1 rings (SSSR count). The Kier molecular flexibility index (Phi) is 5.84. The van der Waals surface area contributed by atoms with Crippen molar-refractivity contribution < 1.29 is 35.9 Å². The molecule has 0 radical (unpaired) electrons. The summed E-state index contributed by atoms with van der Waals surface area (Å²) < 4.78 is 73.6. The molecule has 2 atom stereocenters. The van der Waals surface area contributed by atoms with E-state index in [-0.39, 0.29) is 6.42 Å². The fraction of sp³-hybridized carbons (Fsp3) is 0.667. The summed E-state index contributed by atoms with van der Waals surface area (Å²) in [7, 11) is 0. The minimum atomic E-state index is -5.16. The standard InChI is InChI=1S/C12H14F6N2O2/c13-11(14,15)9(21)19-7-5-3-1-2-4-6-8(7)20-10(22)12(16,17)18/h3,5,7-8H,1-2,4,6H2,(H,19,21)(H,20,22). The number of amides is 2. The second-order valence-corrected chi connectivity index (χ2v) is 4.79. The number of carbonyl (C=O) groups excluding carboxylic acids is 2. The van der Waals surface area contributed by atoms with Crippen LogP contribution in [0.5, 0.6) is 0 Å². The van der Waals surface area contributed by atoms with Crippen LogP contribution in [-0.4, -0.2) is 36.3 Å². The molecule has 0 saturated heterocycles. The van der Waals surface area contributed by atoms with Crippen molar-refractivity contribution in [3.8, 4) is 0 Å². The number of hydrogen-bond donors (Lipinski definition) is 2. The van der Waals surface area contributed by atoms with Crippen molar-refractivity contribution >= 4 is 11.8 Å². The highest BCUT2D eigenvalue weighted by atomic mass is 19.4. The van der Waals surface area contributed by atoms with Gasteiger partial charge in [-0.2, -0.15) is 26.3 Å². The molecule has 0 bridgehead atoms. The Balaban J connectivity index is 2.87. The van der Waals surface area contributed by atoms with Gasteiger partial charge in [-0.25, -0.2) is 0 Å². The van der Waals surface area contributed by atoms with Gasteiger partial charge >= 0.3 is 24.2 Å². The topological polar surface area (TPSA) is 58.2 Å². The van der Waals surface area contributed by atoms with Gasteiger partial charge in [0.15, 0.2) is 0 Å². The number of carbonyl (C=O) groups is 2. The van der Waals surface area contributed by atoms with Gasteiger partial charge in [0, 0.05) is 0 Å². The number of hydrogen-bond acceptors (Lipinski definition) is 2. The normalized spacial score (nSPS) is 23.4. The Bertz CT molecular complexity index is 444. The Morgan fingerprint density at radius 2 is 1.45 bits per heavy atom. The van der Waals surface area contributed by atoms with Crippen molar-refractivity contribution in [2.75, 3.05) is 0 Å². The molecule has 0 aromatic carbocycles. The van der Waals surface area contributed by atoms with E-state index in [0.717, 1.165) is 0 Å². The maximum absolute atomic E-state index is 12.3. The van der Waals surface area contributed by atoms with Crippen LogP contribution in [0.2, 0.25) is 0 Å². The third-order valence-corrected chi connectivity index (χ3v) is 3.04. The number of allylic oxidation sites excluding steroid dienone is 1. The van der Waals surface area contributed by atoms with Gasteiger partial charge in [0.1, 0.15) is 0 Å². The van der Waals surface area contributed by atoms with Gasteiger partial charge < -0.3 is 10.6 Å². The zero-order valence-electron chi connectivity index (χ0n) is 11.2. The van der Waals surface area contributed by atoms with Gasteiger partial charge in [-0.05, 0) is 19.3 Å². The smallest absolute Gasteiger partial charge is 0.343 e. The van der Waals surface area contributed by atoms with Gasteiger partial charge in [0.05, 0.1) is 12.1 Å². The lowest BCUT2D eigenvalue weighted by atomic mass is 9.96. The number of alkyl halides is 6. The molecule has 1 aliphatic carbocycles. The number of halogens is 6. The summed E-state index contributed by atoms with van der Waals surface area (Å²) in [5, 5.41) is 3.24. The molecule has 0 spiro atoms. The van der Waals surface area contributed by atoms with E-state index in [1.165, 1.54) is 12.2 Å². The van der Waals surface area contributed by atoms with Crippen LogP contribution in [0.15, 0.2) is 12.2 Å². The quantitative estimate of drug-likeness (QED) is 0.602. The second-order valence-electron chi connectivity index (χ2n) is 4.79. The van der Waals surface area contributed by atoms with Crippen LogP contribution in [0.4, 0.5) is 26.3 Å². The van der Waals surface area contributed by atoms with Crippen molar-refractivity contribution in [3.05, 3.63) is 12.2 Å². The lowest BCUT2D eigenvalue weighted by molar-refractivity contribution is -0.176.